The number of allylic oxidation sites excluding steroid dienone is 1. The van der Waals surface area contributed by atoms with E-state index in [2.05, 4.69) is 24.0 Å². The first-order chi connectivity index (χ1) is 12.2. The summed E-state index contributed by atoms with van der Waals surface area (Å²) in [4.78, 5) is 0. The first kappa shape index (κ1) is 17.0. The van der Waals surface area contributed by atoms with Gasteiger partial charge in [-0.1, -0.05) is 36.9 Å². The van der Waals surface area contributed by atoms with Crippen molar-refractivity contribution in [1.29, 1.82) is 0 Å². The molecule has 0 aliphatic carbocycles. The van der Waals surface area contributed by atoms with Crippen molar-refractivity contribution in [2.45, 2.75) is 19.1 Å². The molecule has 1 atom stereocenters. The molecular formula is C21H23NO3. The molecule has 0 saturated heterocycles. The molecule has 0 saturated carbocycles. The number of benzene rings is 2. The van der Waals surface area contributed by atoms with Gasteiger partial charge in [-0.2, -0.15) is 0 Å². The number of hydrogen-bond acceptors (Lipinski definition) is 4. The molecular weight excluding hydrogens is 314 g/mol. The van der Waals surface area contributed by atoms with E-state index >= 15 is 0 Å². The minimum absolute atomic E-state index is 0.0894. The molecule has 2 aromatic rings. The van der Waals surface area contributed by atoms with Crippen molar-refractivity contribution < 1.29 is 14.2 Å². The van der Waals surface area contributed by atoms with Crippen LogP contribution in [0.4, 0.5) is 0 Å². The van der Waals surface area contributed by atoms with Crippen molar-refractivity contribution in [3.8, 4) is 11.5 Å². The van der Waals surface area contributed by atoms with E-state index in [-0.39, 0.29) is 6.04 Å². The average Bonchev–Trinajstić information content (AvgIpc) is 2.99. The van der Waals surface area contributed by atoms with Crippen LogP contribution in [0.15, 0.2) is 72.6 Å². The molecule has 4 nitrogen and oxygen atoms in total. The van der Waals surface area contributed by atoms with Crippen LogP contribution in [0.1, 0.15) is 11.1 Å². The lowest BCUT2D eigenvalue weighted by molar-refractivity contribution is 0.177. The van der Waals surface area contributed by atoms with Crippen molar-refractivity contribution in [3.05, 3.63) is 83.8 Å². The number of hydrogen-bond donors (Lipinski definition) is 1. The number of nitrogens with one attached hydrogen (secondary N) is 1. The van der Waals surface area contributed by atoms with Gasteiger partial charge >= 0.3 is 0 Å². The van der Waals surface area contributed by atoms with Gasteiger partial charge in [0.15, 0.2) is 0 Å². The van der Waals surface area contributed by atoms with E-state index in [9.17, 15) is 0 Å². The Morgan fingerprint density at radius 3 is 2.56 bits per heavy atom. The quantitative estimate of drug-likeness (QED) is 0.833. The third-order valence-electron chi connectivity index (χ3n) is 4.18. The monoisotopic (exact) mass is 337 g/mol. The van der Waals surface area contributed by atoms with Gasteiger partial charge in [0.2, 0.25) is 0 Å². The summed E-state index contributed by atoms with van der Waals surface area (Å²) >= 11 is 0. The van der Waals surface area contributed by atoms with Crippen molar-refractivity contribution in [1.82, 2.24) is 5.32 Å². The summed E-state index contributed by atoms with van der Waals surface area (Å²) < 4.78 is 16.8. The summed E-state index contributed by atoms with van der Waals surface area (Å²) in [7, 11) is 3.30. The highest BCUT2D eigenvalue weighted by atomic mass is 16.5. The van der Waals surface area contributed by atoms with Crippen LogP contribution in [0.25, 0.3) is 0 Å². The minimum atomic E-state index is 0.0894. The molecule has 25 heavy (non-hydrogen) atoms. The van der Waals surface area contributed by atoms with E-state index in [1.54, 1.807) is 14.2 Å². The largest absolute Gasteiger partial charge is 0.497 e. The zero-order chi connectivity index (χ0) is 17.6. The fraction of sp³-hybridized carbons (Fsp3) is 0.238. The van der Waals surface area contributed by atoms with Gasteiger partial charge in [-0.25, -0.2) is 0 Å². The Morgan fingerprint density at radius 2 is 1.84 bits per heavy atom. The zero-order valence-corrected chi connectivity index (χ0v) is 14.6. The normalized spacial score (nSPS) is 16.2. The molecule has 4 heteroatoms. The van der Waals surface area contributed by atoms with Crippen LogP contribution in [0, 0.1) is 0 Å². The summed E-state index contributed by atoms with van der Waals surface area (Å²) in [6.07, 6.45) is 2.81. The molecule has 130 valence electrons. The van der Waals surface area contributed by atoms with Crippen LogP contribution in [-0.4, -0.2) is 20.3 Å². The van der Waals surface area contributed by atoms with Crippen molar-refractivity contribution in [2.24, 2.45) is 0 Å². The third-order valence-corrected chi connectivity index (χ3v) is 4.18. The van der Waals surface area contributed by atoms with E-state index in [0.29, 0.717) is 6.61 Å². The topological polar surface area (TPSA) is 39.7 Å². The molecule has 0 spiro atoms. The van der Waals surface area contributed by atoms with E-state index in [1.807, 2.05) is 42.5 Å². The maximum atomic E-state index is 6.09. The second kappa shape index (κ2) is 7.79. The Kier molecular flexibility index (Phi) is 5.29. The van der Waals surface area contributed by atoms with Crippen LogP contribution in [0.5, 0.6) is 11.5 Å². The predicted molar refractivity (Wildman–Crippen MR) is 98.6 cm³/mol. The highest BCUT2D eigenvalue weighted by molar-refractivity contribution is 5.40. The zero-order valence-electron chi connectivity index (χ0n) is 14.6. The first-order valence-electron chi connectivity index (χ1n) is 8.24. The summed E-state index contributed by atoms with van der Waals surface area (Å²) in [6.45, 7) is 4.41. The van der Waals surface area contributed by atoms with Crippen LogP contribution >= 0.6 is 0 Å². The summed E-state index contributed by atoms with van der Waals surface area (Å²) in [5.74, 6) is 2.45. The number of methoxy groups -OCH3 is 2. The molecule has 1 heterocycles. The van der Waals surface area contributed by atoms with Gasteiger partial charge in [-0.3, -0.25) is 0 Å². The SMILES string of the molecule is C=C1C=C(OCc2cc(OC)ccc2OC)[C@H](Cc2ccccc2)N1. The van der Waals surface area contributed by atoms with Crippen LogP contribution < -0.4 is 14.8 Å². The molecule has 0 unspecified atom stereocenters. The number of rotatable bonds is 7. The van der Waals surface area contributed by atoms with Gasteiger partial charge in [0.1, 0.15) is 23.9 Å². The smallest absolute Gasteiger partial charge is 0.125 e. The van der Waals surface area contributed by atoms with Crippen molar-refractivity contribution in [2.75, 3.05) is 14.2 Å². The van der Waals surface area contributed by atoms with Gasteiger partial charge < -0.3 is 19.5 Å². The van der Waals surface area contributed by atoms with Gasteiger partial charge in [0.25, 0.3) is 0 Å². The van der Waals surface area contributed by atoms with Gasteiger partial charge in [0.05, 0.1) is 20.3 Å². The molecule has 1 aliphatic heterocycles. The molecule has 0 amide bonds. The van der Waals surface area contributed by atoms with Gasteiger partial charge in [-0.15, -0.1) is 0 Å². The Bertz CT molecular complexity index is 768. The fourth-order valence-electron chi connectivity index (χ4n) is 2.91. The predicted octanol–water partition coefficient (Wildman–Crippen LogP) is 3.83. The van der Waals surface area contributed by atoms with Crippen molar-refractivity contribution in [3.63, 3.8) is 0 Å². The Morgan fingerprint density at radius 1 is 1.04 bits per heavy atom. The van der Waals surface area contributed by atoms with Crippen LogP contribution in [-0.2, 0) is 17.8 Å². The molecule has 3 rings (SSSR count). The Hall–Kier alpha value is -2.88. The lowest BCUT2D eigenvalue weighted by Crippen LogP contribution is -2.27. The third kappa shape index (κ3) is 4.15. The molecule has 0 fully saturated rings. The fourth-order valence-corrected chi connectivity index (χ4v) is 2.91. The van der Waals surface area contributed by atoms with E-state index in [4.69, 9.17) is 14.2 Å². The molecule has 2 aromatic carbocycles. The second-order valence-corrected chi connectivity index (χ2v) is 5.93. The lowest BCUT2D eigenvalue weighted by Gasteiger charge is -2.18. The van der Waals surface area contributed by atoms with Gasteiger partial charge in [-0.05, 0) is 30.2 Å². The summed E-state index contributed by atoms with van der Waals surface area (Å²) in [5, 5.41) is 3.37. The number of ether oxygens (including phenoxy) is 3. The summed E-state index contributed by atoms with van der Waals surface area (Å²) in [5.41, 5.74) is 3.07. The standard InChI is InChI=1S/C21H23NO3/c1-15-11-21(19(22-15)12-16-7-5-4-6-8-16)25-14-17-13-18(23-2)9-10-20(17)24-3/h4-11,13,19,22H,1,12,14H2,2-3H3/t19-/m0/s1. The van der Waals surface area contributed by atoms with Crippen LogP contribution in [0.2, 0.25) is 0 Å². The molecule has 0 radical (unpaired) electrons. The molecule has 0 aromatic heterocycles. The van der Waals surface area contributed by atoms with Gasteiger partial charge in [0, 0.05) is 17.3 Å². The Labute approximate surface area is 148 Å². The molecule has 0 bridgehead atoms. The highest BCUT2D eigenvalue weighted by Gasteiger charge is 2.23. The van der Waals surface area contributed by atoms with Crippen molar-refractivity contribution >= 4 is 0 Å². The second-order valence-electron chi connectivity index (χ2n) is 5.93. The summed E-state index contributed by atoms with van der Waals surface area (Å²) in [6, 6.07) is 16.1. The minimum Gasteiger partial charge on any atom is -0.497 e. The Balaban J connectivity index is 1.71. The maximum absolute atomic E-state index is 6.09. The first-order valence-corrected chi connectivity index (χ1v) is 8.24. The average molecular weight is 337 g/mol. The highest BCUT2D eigenvalue weighted by Crippen LogP contribution is 2.27. The maximum Gasteiger partial charge on any atom is 0.125 e. The van der Waals surface area contributed by atoms with E-state index in [0.717, 1.165) is 34.9 Å². The molecule has 1 aliphatic rings. The van der Waals surface area contributed by atoms with Crippen LogP contribution in [0.3, 0.4) is 0 Å². The van der Waals surface area contributed by atoms with E-state index < -0.39 is 0 Å². The lowest BCUT2D eigenvalue weighted by atomic mass is 10.1. The van der Waals surface area contributed by atoms with E-state index in [1.165, 1.54) is 5.56 Å². The molecule has 1 N–H and O–H groups in total.